The van der Waals surface area contributed by atoms with Gasteiger partial charge in [0.2, 0.25) is 10.0 Å². The smallest absolute Gasteiger partial charge is 0.242 e. The van der Waals surface area contributed by atoms with Gasteiger partial charge >= 0.3 is 0 Å². The van der Waals surface area contributed by atoms with Gasteiger partial charge in [-0.25, -0.2) is 17.5 Å². The van der Waals surface area contributed by atoms with Crippen molar-refractivity contribution in [1.82, 2.24) is 4.72 Å². The van der Waals surface area contributed by atoms with E-state index in [0.29, 0.717) is 13.0 Å². The van der Waals surface area contributed by atoms with Gasteiger partial charge < -0.3 is 10.5 Å². The molecule has 0 unspecified atom stereocenters. The first-order valence-corrected chi connectivity index (χ1v) is 7.19. The number of hydrogen-bond acceptors (Lipinski definition) is 4. The van der Waals surface area contributed by atoms with Crippen molar-refractivity contribution in [1.29, 1.82) is 0 Å². The number of halogens is 1. The van der Waals surface area contributed by atoms with Crippen LogP contribution in [0.4, 0.5) is 10.1 Å². The Morgan fingerprint density at radius 1 is 1.42 bits per heavy atom. The van der Waals surface area contributed by atoms with Gasteiger partial charge in [-0.1, -0.05) is 6.08 Å². The molecule has 0 bridgehead atoms. The molecule has 0 heterocycles. The summed E-state index contributed by atoms with van der Waals surface area (Å²) in [5.41, 5.74) is 5.52. The fraction of sp³-hybridized carbons (Fsp3) is 0.333. The minimum atomic E-state index is -3.82. The fourth-order valence-corrected chi connectivity index (χ4v) is 2.49. The fourth-order valence-electron chi connectivity index (χ4n) is 1.34. The molecule has 5 nitrogen and oxygen atoms in total. The molecular weight excluding hydrogens is 271 g/mol. The van der Waals surface area contributed by atoms with Crippen LogP contribution in [0, 0.1) is 5.82 Å². The number of ether oxygens (including phenoxy) is 1. The first-order chi connectivity index (χ1) is 8.97. The van der Waals surface area contributed by atoms with Crippen molar-refractivity contribution in [2.75, 3.05) is 25.5 Å². The van der Waals surface area contributed by atoms with Crippen molar-refractivity contribution in [2.24, 2.45) is 0 Å². The summed E-state index contributed by atoms with van der Waals surface area (Å²) in [6.07, 6.45) is 2.40. The van der Waals surface area contributed by atoms with E-state index in [2.05, 4.69) is 11.3 Å². The van der Waals surface area contributed by atoms with E-state index in [1.54, 1.807) is 6.08 Å². The minimum absolute atomic E-state index is 0.00137. The molecule has 0 aliphatic carbocycles. The SMILES string of the molecule is C=CCCOCCNS(=O)(=O)c1cc(F)ccc1N. The summed E-state index contributed by atoms with van der Waals surface area (Å²) in [7, 11) is -3.82. The van der Waals surface area contributed by atoms with Gasteiger partial charge in [0.05, 0.1) is 18.9 Å². The number of nitrogens with two attached hydrogens (primary N) is 1. The van der Waals surface area contributed by atoms with E-state index < -0.39 is 15.8 Å². The second-order valence-corrected chi connectivity index (χ2v) is 5.51. The van der Waals surface area contributed by atoms with Crippen molar-refractivity contribution in [3.63, 3.8) is 0 Å². The zero-order valence-electron chi connectivity index (χ0n) is 10.4. The zero-order valence-corrected chi connectivity index (χ0v) is 11.2. The van der Waals surface area contributed by atoms with Crippen molar-refractivity contribution in [3.8, 4) is 0 Å². The maximum atomic E-state index is 13.0. The molecule has 7 heteroatoms. The van der Waals surface area contributed by atoms with Crippen LogP contribution in [0.15, 0.2) is 35.7 Å². The van der Waals surface area contributed by atoms with Crippen LogP contribution < -0.4 is 10.5 Å². The molecule has 0 aromatic heterocycles. The number of hydrogen-bond donors (Lipinski definition) is 2. The molecule has 19 heavy (non-hydrogen) atoms. The highest BCUT2D eigenvalue weighted by atomic mass is 32.2. The highest BCUT2D eigenvalue weighted by Gasteiger charge is 2.17. The van der Waals surface area contributed by atoms with Crippen molar-refractivity contribution >= 4 is 15.7 Å². The number of nitrogen functional groups attached to an aromatic ring is 1. The number of rotatable bonds is 8. The second-order valence-electron chi connectivity index (χ2n) is 3.77. The molecule has 0 saturated carbocycles. The zero-order chi connectivity index (χ0) is 14.3. The molecule has 0 aliphatic heterocycles. The Labute approximate surface area is 112 Å². The van der Waals surface area contributed by atoms with Gasteiger partial charge in [-0.3, -0.25) is 0 Å². The van der Waals surface area contributed by atoms with E-state index in [-0.39, 0.29) is 23.7 Å². The van der Waals surface area contributed by atoms with E-state index in [9.17, 15) is 12.8 Å². The van der Waals surface area contributed by atoms with Gasteiger partial charge in [0.1, 0.15) is 10.7 Å². The molecule has 0 aliphatic rings. The highest BCUT2D eigenvalue weighted by Crippen LogP contribution is 2.18. The third kappa shape index (κ3) is 4.98. The van der Waals surface area contributed by atoms with Gasteiger partial charge in [-0.05, 0) is 24.6 Å². The van der Waals surface area contributed by atoms with E-state index in [0.717, 1.165) is 12.1 Å². The molecule has 0 amide bonds. The first kappa shape index (κ1) is 15.6. The Balaban J connectivity index is 2.56. The lowest BCUT2D eigenvalue weighted by atomic mass is 10.3. The molecule has 1 aromatic rings. The quantitative estimate of drug-likeness (QED) is 0.429. The molecule has 0 spiro atoms. The van der Waals surface area contributed by atoms with Crippen LogP contribution in [0.25, 0.3) is 0 Å². The summed E-state index contributed by atoms with van der Waals surface area (Å²) in [6, 6.07) is 3.20. The molecule has 0 radical (unpaired) electrons. The molecule has 0 saturated heterocycles. The molecule has 1 aromatic carbocycles. The van der Waals surface area contributed by atoms with Gasteiger partial charge in [0.25, 0.3) is 0 Å². The second kappa shape index (κ2) is 7.22. The molecule has 106 valence electrons. The van der Waals surface area contributed by atoms with Crippen LogP contribution in [0.2, 0.25) is 0 Å². The minimum Gasteiger partial charge on any atom is -0.398 e. The molecule has 0 atom stereocenters. The summed E-state index contributed by atoms with van der Waals surface area (Å²) in [4.78, 5) is -0.265. The lowest BCUT2D eigenvalue weighted by Crippen LogP contribution is -2.28. The van der Waals surface area contributed by atoms with Crippen LogP contribution >= 0.6 is 0 Å². The Kier molecular flexibility index (Phi) is 5.94. The van der Waals surface area contributed by atoms with E-state index in [4.69, 9.17) is 10.5 Å². The maximum Gasteiger partial charge on any atom is 0.242 e. The van der Waals surface area contributed by atoms with Crippen LogP contribution in [0.1, 0.15) is 6.42 Å². The average Bonchev–Trinajstić information content (AvgIpc) is 2.36. The first-order valence-electron chi connectivity index (χ1n) is 5.70. The van der Waals surface area contributed by atoms with Gasteiger partial charge in [-0.15, -0.1) is 6.58 Å². The van der Waals surface area contributed by atoms with Crippen LogP contribution in [-0.2, 0) is 14.8 Å². The monoisotopic (exact) mass is 288 g/mol. The Bertz CT molecular complexity index is 532. The summed E-state index contributed by atoms with van der Waals surface area (Å²) in [5.74, 6) is -0.656. The Hall–Kier alpha value is -1.44. The lowest BCUT2D eigenvalue weighted by Gasteiger charge is -2.09. The van der Waals surface area contributed by atoms with Crippen LogP contribution in [0.3, 0.4) is 0 Å². The summed E-state index contributed by atoms with van der Waals surface area (Å²) >= 11 is 0. The predicted molar refractivity (Wildman–Crippen MR) is 71.6 cm³/mol. The summed E-state index contributed by atoms with van der Waals surface area (Å²) in [5, 5.41) is 0. The van der Waals surface area contributed by atoms with Gasteiger partial charge in [0.15, 0.2) is 0 Å². The third-order valence-electron chi connectivity index (χ3n) is 2.27. The van der Waals surface area contributed by atoms with Crippen molar-refractivity contribution in [2.45, 2.75) is 11.3 Å². The summed E-state index contributed by atoms with van der Waals surface area (Å²) < 4.78 is 44.2. The number of anilines is 1. The van der Waals surface area contributed by atoms with Gasteiger partial charge in [0, 0.05) is 6.54 Å². The molecule has 1 rings (SSSR count). The largest absolute Gasteiger partial charge is 0.398 e. The standard InChI is InChI=1S/C12H17FN2O3S/c1-2-3-7-18-8-6-15-19(16,17)12-9-10(13)4-5-11(12)14/h2,4-5,9,15H,1,3,6-8,14H2. The maximum absolute atomic E-state index is 13.0. The predicted octanol–water partition coefficient (Wildman–Crippen LogP) is 1.28. The van der Waals surface area contributed by atoms with E-state index in [1.807, 2.05) is 0 Å². The highest BCUT2D eigenvalue weighted by molar-refractivity contribution is 7.89. The Morgan fingerprint density at radius 2 is 2.16 bits per heavy atom. The van der Waals surface area contributed by atoms with Gasteiger partial charge in [-0.2, -0.15) is 0 Å². The Morgan fingerprint density at radius 3 is 2.84 bits per heavy atom. The summed E-state index contributed by atoms with van der Waals surface area (Å²) in [6.45, 7) is 4.33. The van der Waals surface area contributed by atoms with Crippen LogP contribution in [0.5, 0.6) is 0 Å². The molecular formula is C12H17FN2O3S. The average molecular weight is 288 g/mol. The van der Waals surface area contributed by atoms with Crippen LogP contribution in [-0.4, -0.2) is 28.2 Å². The number of benzene rings is 1. The third-order valence-corrected chi connectivity index (χ3v) is 3.79. The lowest BCUT2D eigenvalue weighted by molar-refractivity contribution is 0.144. The van der Waals surface area contributed by atoms with Crippen molar-refractivity contribution in [3.05, 3.63) is 36.7 Å². The molecule has 0 fully saturated rings. The van der Waals surface area contributed by atoms with E-state index in [1.165, 1.54) is 6.07 Å². The number of nitrogens with one attached hydrogen (secondary N) is 1. The normalized spacial score (nSPS) is 11.4. The van der Waals surface area contributed by atoms with E-state index >= 15 is 0 Å². The van der Waals surface area contributed by atoms with Crippen molar-refractivity contribution < 1.29 is 17.5 Å². The number of sulfonamides is 1. The topological polar surface area (TPSA) is 81.4 Å². The molecule has 3 N–H and O–H groups in total.